The number of methoxy groups -OCH3 is 1. The monoisotopic (exact) mass is 251 g/mol. The van der Waals surface area contributed by atoms with Gasteiger partial charge in [0.2, 0.25) is 0 Å². The van der Waals surface area contributed by atoms with E-state index in [-0.39, 0.29) is 5.25 Å². The second-order valence-electron chi connectivity index (χ2n) is 3.89. The zero-order valence-electron chi connectivity index (χ0n) is 10.4. The van der Waals surface area contributed by atoms with E-state index in [9.17, 15) is 4.21 Å². The molecule has 92 valence electrons. The maximum Gasteiger partial charge on any atom is 0.136 e. The molecular formula is C13H17NO2S. The Morgan fingerprint density at radius 2 is 2.24 bits per heavy atom. The second-order valence-corrected chi connectivity index (χ2v) is 5.75. The van der Waals surface area contributed by atoms with Crippen LogP contribution >= 0.6 is 0 Å². The molecule has 0 radical (unpaired) electrons. The van der Waals surface area contributed by atoms with Gasteiger partial charge in [0.1, 0.15) is 11.8 Å². The summed E-state index contributed by atoms with van der Waals surface area (Å²) >= 11 is 0. The summed E-state index contributed by atoms with van der Waals surface area (Å²) in [6.07, 6.45) is 0.897. The van der Waals surface area contributed by atoms with E-state index in [0.29, 0.717) is 17.1 Å². The van der Waals surface area contributed by atoms with Crippen molar-refractivity contribution in [2.24, 2.45) is 0 Å². The van der Waals surface area contributed by atoms with Gasteiger partial charge in [-0.25, -0.2) is 0 Å². The van der Waals surface area contributed by atoms with Gasteiger partial charge < -0.3 is 4.74 Å². The second kappa shape index (κ2) is 6.41. The van der Waals surface area contributed by atoms with Gasteiger partial charge in [0.05, 0.1) is 12.7 Å². The molecule has 0 fully saturated rings. The molecule has 0 spiro atoms. The first-order valence-electron chi connectivity index (χ1n) is 5.56. The van der Waals surface area contributed by atoms with Gasteiger partial charge in [-0.1, -0.05) is 19.9 Å². The molecule has 0 aliphatic rings. The van der Waals surface area contributed by atoms with Crippen molar-refractivity contribution in [1.82, 2.24) is 0 Å². The Morgan fingerprint density at radius 3 is 2.76 bits per heavy atom. The Bertz CT molecular complexity index is 451. The van der Waals surface area contributed by atoms with Crippen molar-refractivity contribution in [3.63, 3.8) is 0 Å². The van der Waals surface area contributed by atoms with Crippen molar-refractivity contribution in [2.75, 3.05) is 7.11 Å². The third-order valence-corrected chi connectivity index (χ3v) is 4.57. The average molecular weight is 251 g/mol. The molecule has 0 amide bonds. The van der Waals surface area contributed by atoms with Gasteiger partial charge in [-0.3, -0.25) is 4.21 Å². The SMILES string of the molecule is CCC(C)S(=O)Cc1ccc(OC)c(C#N)c1. The Labute approximate surface area is 105 Å². The summed E-state index contributed by atoms with van der Waals surface area (Å²) in [4.78, 5) is 0. The van der Waals surface area contributed by atoms with Crippen LogP contribution in [-0.4, -0.2) is 16.6 Å². The minimum atomic E-state index is -0.885. The highest BCUT2D eigenvalue weighted by molar-refractivity contribution is 7.84. The first-order valence-corrected chi connectivity index (χ1v) is 6.94. The predicted octanol–water partition coefficient (Wildman–Crippen LogP) is 2.61. The number of nitriles is 1. The summed E-state index contributed by atoms with van der Waals surface area (Å²) in [5.74, 6) is 1.05. The average Bonchev–Trinajstić information content (AvgIpc) is 2.37. The Morgan fingerprint density at radius 1 is 1.53 bits per heavy atom. The van der Waals surface area contributed by atoms with Crippen LogP contribution in [-0.2, 0) is 16.6 Å². The summed E-state index contributed by atoms with van der Waals surface area (Å²) in [5.41, 5.74) is 1.41. The number of rotatable bonds is 5. The van der Waals surface area contributed by atoms with Crippen LogP contribution in [0.5, 0.6) is 5.75 Å². The lowest BCUT2D eigenvalue weighted by atomic mass is 10.1. The fourth-order valence-corrected chi connectivity index (χ4v) is 2.59. The number of ether oxygens (including phenoxy) is 1. The van der Waals surface area contributed by atoms with Crippen LogP contribution in [0, 0.1) is 11.3 Å². The minimum Gasteiger partial charge on any atom is -0.495 e. The van der Waals surface area contributed by atoms with E-state index in [2.05, 4.69) is 6.07 Å². The normalized spacial score (nSPS) is 13.8. The van der Waals surface area contributed by atoms with Crippen molar-refractivity contribution in [2.45, 2.75) is 31.3 Å². The highest BCUT2D eigenvalue weighted by Crippen LogP contribution is 2.20. The molecule has 0 aromatic heterocycles. The van der Waals surface area contributed by atoms with Crippen LogP contribution in [0.25, 0.3) is 0 Å². The third-order valence-electron chi connectivity index (χ3n) is 2.72. The molecule has 1 rings (SSSR count). The number of nitrogens with zero attached hydrogens (tertiary/aromatic N) is 1. The number of hydrogen-bond donors (Lipinski definition) is 0. The molecule has 0 aliphatic heterocycles. The third kappa shape index (κ3) is 3.57. The molecular weight excluding hydrogens is 234 g/mol. The molecule has 17 heavy (non-hydrogen) atoms. The molecule has 0 saturated heterocycles. The lowest BCUT2D eigenvalue weighted by molar-refractivity contribution is 0.413. The minimum absolute atomic E-state index is 0.183. The predicted molar refractivity (Wildman–Crippen MR) is 69.3 cm³/mol. The van der Waals surface area contributed by atoms with Crippen LogP contribution < -0.4 is 4.74 Å². The lowest BCUT2D eigenvalue weighted by Gasteiger charge is -2.09. The van der Waals surface area contributed by atoms with Crippen molar-refractivity contribution >= 4 is 10.8 Å². The van der Waals surface area contributed by atoms with Crippen LogP contribution in [0.2, 0.25) is 0 Å². The Hall–Kier alpha value is -1.34. The largest absolute Gasteiger partial charge is 0.495 e. The molecule has 3 nitrogen and oxygen atoms in total. The molecule has 2 unspecified atom stereocenters. The van der Waals surface area contributed by atoms with E-state index in [1.807, 2.05) is 19.9 Å². The lowest BCUT2D eigenvalue weighted by Crippen LogP contribution is -2.11. The van der Waals surface area contributed by atoms with E-state index in [4.69, 9.17) is 10.00 Å². The van der Waals surface area contributed by atoms with Crippen LogP contribution in [0.3, 0.4) is 0 Å². The smallest absolute Gasteiger partial charge is 0.136 e. The fourth-order valence-electron chi connectivity index (χ4n) is 1.42. The van der Waals surface area contributed by atoms with Crippen LogP contribution in [0.15, 0.2) is 18.2 Å². The summed E-state index contributed by atoms with van der Waals surface area (Å²) in [6, 6.07) is 7.44. The molecule has 2 atom stereocenters. The van der Waals surface area contributed by atoms with Crippen molar-refractivity contribution in [3.05, 3.63) is 29.3 Å². The van der Waals surface area contributed by atoms with Gasteiger partial charge in [-0.15, -0.1) is 0 Å². The van der Waals surface area contributed by atoms with Gasteiger partial charge in [0, 0.05) is 21.8 Å². The van der Waals surface area contributed by atoms with Crippen molar-refractivity contribution in [1.29, 1.82) is 5.26 Å². The van der Waals surface area contributed by atoms with E-state index in [1.54, 1.807) is 12.1 Å². The standard InChI is InChI=1S/C13H17NO2S/c1-4-10(2)17(15)9-11-5-6-13(16-3)12(7-11)8-14/h5-7,10H,4,9H2,1-3H3. The zero-order chi connectivity index (χ0) is 12.8. The van der Waals surface area contributed by atoms with Crippen LogP contribution in [0.4, 0.5) is 0 Å². The van der Waals surface area contributed by atoms with Gasteiger partial charge in [0.25, 0.3) is 0 Å². The molecule has 0 heterocycles. The number of benzene rings is 1. The molecule has 0 saturated carbocycles. The van der Waals surface area contributed by atoms with E-state index in [0.717, 1.165) is 12.0 Å². The first-order chi connectivity index (χ1) is 8.12. The first kappa shape index (κ1) is 13.7. The number of hydrogen-bond acceptors (Lipinski definition) is 3. The van der Waals surface area contributed by atoms with Crippen LogP contribution in [0.1, 0.15) is 31.4 Å². The molecule has 1 aromatic carbocycles. The molecule has 4 heteroatoms. The Balaban J connectivity index is 2.87. The van der Waals surface area contributed by atoms with Gasteiger partial charge in [-0.2, -0.15) is 5.26 Å². The van der Waals surface area contributed by atoms with E-state index < -0.39 is 10.8 Å². The quantitative estimate of drug-likeness (QED) is 0.808. The summed E-state index contributed by atoms with van der Waals surface area (Å²) < 4.78 is 17.0. The summed E-state index contributed by atoms with van der Waals surface area (Å²) in [6.45, 7) is 4.00. The van der Waals surface area contributed by atoms with E-state index >= 15 is 0 Å². The zero-order valence-corrected chi connectivity index (χ0v) is 11.2. The molecule has 0 bridgehead atoms. The molecule has 0 aliphatic carbocycles. The van der Waals surface area contributed by atoms with Crippen molar-refractivity contribution in [3.8, 4) is 11.8 Å². The van der Waals surface area contributed by atoms with Gasteiger partial charge >= 0.3 is 0 Å². The summed E-state index contributed by atoms with van der Waals surface area (Å²) in [5, 5.41) is 9.14. The fraction of sp³-hybridized carbons (Fsp3) is 0.462. The summed E-state index contributed by atoms with van der Waals surface area (Å²) in [7, 11) is 0.650. The highest BCUT2D eigenvalue weighted by atomic mass is 32.2. The van der Waals surface area contributed by atoms with E-state index in [1.165, 1.54) is 7.11 Å². The maximum atomic E-state index is 11.9. The van der Waals surface area contributed by atoms with Gasteiger partial charge in [0.15, 0.2) is 0 Å². The maximum absolute atomic E-state index is 11.9. The molecule has 0 N–H and O–H groups in total. The highest BCUT2D eigenvalue weighted by Gasteiger charge is 2.11. The topological polar surface area (TPSA) is 50.1 Å². The van der Waals surface area contributed by atoms with Gasteiger partial charge in [-0.05, 0) is 24.1 Å². The van der Waals surface area contributed by atoms with Crippen molar-refractivity contribution < 1.29 is 8.95 Å². The Kier molecular flexibility index (Phi) is 5.17. The molecule has 1 aromatic rings.